The van der Waals surface area contributed by atoms with Crippen molar-refractivity contribution >= 4 is 6.09 Å². The highest BCUT2D eigenvalue weighted by molar-refractivity contribution is 5.67. The van der Waals surface area contributed by atoms with Crippen LogP contribution in [0.4, 0.5) is 4.79 Å². The average Bonchev–Trinajstić information content (AvgIpc) is 2.89. The summed E-state index contributed by atoms with van der Waals surface area (Å²) in [7, 11) is 0. The molecule has 4 rings (SSSR count). The van der Waals surface area contributed by atoms with E-state index in [1.54, 1.807) is 12.1 Å². The molecule has 3 aromatic carbocycles. The van der Waals surface area contributed by atoms with Crippen LogP contribution < -0.4 is 0 Å². The zero-order valence-electron chi connectivity index (χ0n) is 18.8. The lowest BCUT2D eigenvalue weighted by atomic mass is 9.73. The van der Waals surface area contributed by atoms with E-state index in [2.05, 4.69) is 24.3 Å². The van der Waals surface area contributed by atoms with Gasteiger partial charge in [0.25, 0.3) is 0 Å². The smallest absolute Gasteiger partial charge is 0.407 e. The Kier molecular flexibility index (Phi) is 6.92. The first kappa shape index (κ1) is 23.0. The Hall–Kier alpha value is -4.13. The molecule has 1 amide bonds. The summed E-state index contributed by atoms with van der Waals surface area (Å²) in [6, 6.07) is 27.4. The van der Waals surface area contributed by atoms with Crippen molar-refractivity contribution in [1.82, 2.24) is 4.90 Å². The molecule has 1 aliphatic rings. The van der Waals surface area contributed by atoms with E-state index in [1.165, 1.54) is 4.90 Å². The van der Waals surface area contributed by atoms with Crippen molar-refractivity contribution < 1.29 is 14.6 Å². The number of likely N-dealkylation sites (tertiary alicyclic amines) is 1. The van der Waals surface area contributed by atoms with Crippen molar-refractivity contribution in [2.75, 3.05) is 19.7 Å². The second kappa shape index (κ2) is 10.2. The number of hydrogen-bond donors (Lipinski definition) is 1. The Labute approximate surface area is 199 Å². The Morgan fingerprint density at radius 2 is 1.59 bits per heavy atom. The number of nitriles is 2. The van der Waals surface area contributed by atoms with Crippen molar-refractivity contribution in [3.63, 3.8) is 0 Å². The van der Waals surface area contributed by atoms with E-state index in [0.717, 1.165) is 22.3 Å². The SMILES string of the molecule is N#Cc1ccc(-c2cc(C#N)cc(COCC3(c4ccccc4)CCN(C(=O)O)CC3)c2)cc1. The summed E-state index contributed by atoms with van der Waals surface area (Å²) in [6.07, 6.45) is 0.502. The largest absolute Gasteiger partial charge is 0.465 e. The molecule has 0 saturated carbocycles. The third-order valence-electron chi connectivity index (χ3n) is 6.49. The number of carbonyl (C=O) groups is 1. The fraction of sp³-hybridized carbons (Fsp3) is 0.250. The minimum absolute atomic E-state index is 0.254. The van der Waals surface area contributed by atoms with Crippen LogP contribution in [0.1, 0.15) is 35.1 Å². The zero-order chi connectivity index (χ0) is 24.0. The number of rotatable bonds is 6. The molecule has 1 N–H and O–H groups in total. The van der Waals surface area contributed by atoms with Crippen molar-refractivity contribution in [1.29, 1.82) is 10.5 Å². The van der Waals surface area contributed by atoms with E-state index >= 15 is 0 Å². The molecule has 3 aromatic rings. The highest BCUT2D eigenvalue weighted by atomic mass is 16.5. The third kappa shape index (κ3) is 5.09. The van der Waals surface area contributed by atoms with Gasteiger partial charge in [0, 0.05) is 18.5 Å². The monoisotopic (exact) mass is 451 g/mol. The van der Waals surface area contributed by atoms with E-state index < -0.39 is 6.09 Å². The molecule has 0 aromatic heterocycles. The summed E-state index contributed by atoms with van der Waals surface area (Å²) in [5.74, 6) is 0. The standard InChI is InChI=1S/C28H25N3O3/c29-17-21-6-8-24(9-7-21)25-15-22(18-30)14-23(16-25)19-34-20-28(26-4-2-1-3-5-26)10-12-31(13-11-28)27(32)33/h1-9,14-16H,10-13,19-20H2,(H,32,33). The van der Waals surface area contributed by atoms with Crippen LogP contribution in [0.25, 0.3) is 11.1 Å². The van der Waals surface area contributed by atoms with Crippen molar-refractivity contribution in [3.8, 4) is 23.3 Å². The van der Waals surface area contributed by atoms with Gasteiger partial charge in [0.15, 0.2) is 0 Å². The van der Waals surface area contributed by atoms with E-state index in [0.29, 0.717) is 50.3 Å². The quantitative estimate of drug-likeness (QED) is 0.547. The third-order valence-corrected chi connectivity index (χ3v) is 6.49. The molecule has 0 unspecified atom stereocenters. The summed E-state index contributed by atoms with van der Waals surface area (Å²) >= 11 is 0. The molecular formula is C28H25N3O3. The average molecular weight is 452 g/mol. The summed E-state index contributed by atoms with van der Waals surface area (Å²) in [5.41, 5.74) is 4.76. The predicted octanol–water partition coefficient (Wildman–Crippen LogP) is 5.33. The molecule has 0 bridgehead atoms. The van der Waals surface area contributed by atoms with Gasteiger partial charge in [-0.1, -0.05) is 42.5 Å². The van der Waals surface area contributed by atoms with Crippen LogP contribution in [-0.4, -0.2) is 35.8 Å². The van der Waals surface area contributed by atoms with Crippen molar-refractivity contribution in [2.45, 2.75) is 24.9 Å². The number of piperidine rings is 1. The minimum atomic E-state index is -0.883. The van der Waals surface area contributed by atoms with Crippen LogP contribution >= 0.6 is 0 Å². The summed E-state index contributed by atoms with van der Waals surface area (Å²) in [5, 5.41) is 27.9. The van der Waals surface area contributed by atoms with Gasteiger partial charge in [-0.25, -0.2) is 4.79 Å². The number of ether oxygens (including phenoxy) is 1. The first-order valence-electron chi connectivity index (χ1n) is 11.2. The Balaban J connectivity index is 1.52. The van der Waals surface area contributed by atoms with E-state index in [4.69, 9.17) is 10.00 Å². The molecule has 1 aliphatic heterocycles. The molecule has 0 radical (unpaired) electrons. The van der Waals surface area contributed by atoms with Gasteiger partial charge in [-0.3, -0.25) is 0 Å². The Bertz CT molecular complexity index is 1230. The first-order valence-corrected chi connectivity index (χ1v) is 11.2. The number of amides is 1. The summed E-state index contributed by atoms with van der Waals surface area (Å²) in [6.45, 7) is 1.75. The van der Waals surface area contributed by atoms with Crippen molar-refractivity contribution in [2.24, 2.45) is 0 Å². The maximum atomic E-state index is 11.4. The lowest BCUT2D eigenvalue weighted by Crippen LogP contribution is -2.46. The van der Waals surface area contributed by atoms with Gasteiger partial charge in [-0.05, 0) is 65.4 Å². The molecule has 0 aliphatic carbocycles. The molecule has 1 heterocycles. The number of carboxylic acid groups (broad SMARTS) is 1. The maximum Gasteiger partial charge on any atom is 0.407 e. The van der Waals surface area contributed by atoms with Crippen LogP contribution in [0, 0.1) is 22.7 Å². The molecule has 34 heavy (non-hydrogen) atoms. The lowest BCUT2D eigenvalue weighted by molar-refractivity contribution is 0.0369. The van der Waals surface area contributed by atoms with Crippen LogP contribution in [-0.2, 0) is 16.8 Å². The number of nitrogens with zero attached hydrogens (tertiary/aromatic N) is 3. The summed E-state index contributed by atoms with van der Waals surface area (Å²) < 4.78 is 6.22. The Morgan fingerprint density at radius 1 is 0.912 bits per heavy atom. The fourth-order valence-corrected chi connectivity index (χ4v) is 4.54. The number of benzene rings is 3. The van der Waals surface area contributed by atoms with Gasteiger partial charge in [-0.15, -0.1) is 0 Å². The van der Waals surface area contributed by atoms with Crippen molar-refractivity contribution in [3.05, 3.63) is 95.1 Å². The molecule has 1 saturated heterocycles. The van der Waals surface area contributed by atoms with Gasteiger partial charge < -0.3 is 14.7 Å². The van der Waals surface area contributed by atoms with Crippen LogP contribution in [0.5, 0.6) is 0 Å². The van der Waals surface area contributed by atoms with Gasteiger partial charge in [0.1, 0.15) is 0 Å². The van der Waals surface area contributed by atoms with Crippen LogP contribution in [0.15, 0.2) is 72.8 Å². The molecular weight excluding hydrogens is 426 g/mol. The lowest BCUT2D eigenvalue weighted by Gasteiger charge is -2.41. The topological polar surface area (TPSA) is 97.4 Å². The van der Waals surface area contributed by atoms with E-state index in [1.807, 2.05) is 48.5 Å². The Morgan fingerprint density at radius 3 is 2.21 bits per heavy atom. The molecule has 1 fully saturated rings. The zero-order valence-corrected chi connectivity index (χ0v) is 18.8. The highest BCUT2D eigenvalue weighted by Gasteiger charge is 2.37. The first-order chi connectivity index (χ1) is 16.5. The van der Waals surface area contributed by atoms with Gasteiger partial charge in [0.05, 0.1) is 36.5 Å². The van der Waals surface area contributed by atoms with Crippen LogP contribution in [0.3, 0.4) is 0 Å². The molecule has 0 spiro atoms. The number of hydrogen-bond acceptors (Lipinski definition) is 4. The van der Waals surface area contributed by atoms with E-state index in [9.17, 15) is 15.2 Å². The minimum Gasteiger partial charge on any atom is -0.465 e. The van der Waals surface area contributed by atoms with Crippen LogP contribution in [0.2, 0.25) is 0 Å². The second-order valence-electron chi connectivity index (χ2n) is 8.63. The highest BCUT2D eigenvalue weighted by Crippen LogP contribution is 2.36. The fourth-order valence-electron chi connectivity index (χ4n) is 4.54. The summed E-state index contributed by atoms with van der Waals surface area (Å²) in [4.78, 5) is 12.9. The molecule has 0 atom stereocenters. The van der Waals surface area contributed by atoms with Gasteiger partial charge in [-0.2, -0.15) is 10.5 Å². The van der Waals surface area contributed by atoms with Gasteiger partial charge in [0.2, 0.25) is 0 Å². The van der Waals surface area contributed by atoms with Gasteiger partial charge >= 0.3 is 6.09 Å². The molecule has 6 nitrogen and oxygen atoms in total. The van der Waals surface area contributed by atoms with E-state index in [-0.39, 0.29) is 5.41 Å². The predicted molar refractivity (Wildman–Crippen MR) is 128 cm³/mol. The molecule has 6 heteroatoms. The maximum absolute atomic E-state index is 11.4. The molecule has 170 valence electrons. The normalized spacial score (nSPS) is 14.7. The second-order valence-corrected chi connectivity index (χ2v) is 8.63.